The van der Waals surface area contributed by atoms with Crippen LogP contribution in [0, 0.1) is 11.3 Å². The fourth-order valence-electron chi connectivity index (χ4n) is 4.25. The van der Waals surface area contributed by atoms with Crippen molar-refractivity contribution >= 4 is 5.57 Å². The minimum atomic E-state index is -4.52. The summed E-state index contributed by atoms with van der Waals surface area (Å²) in [5, 5.41) is 8.98. The quantitative estimate of drug-likeness (QED) is 0.726. The van der Waals surface area contributed by atoms with E-state index < -0.39 is 11.7 Å². The van der Waals surface area contributed by atoms with Gasteiger partial charge in [0.2, 0.25) is 0 Å². The van der Waals surface area contributed by atoms with Crippen LogP contribution in [0.4, 0.5) is 13.2 Å². The first kappa shape index (κ1) is 17.8. The first-order valence-electron chi connectivity index (χ1n) is 9.08. The van der Waals surface area contributed by atoms with Crippen molar-refractivity contribution in [3.63, 3.8) is 0 Å². The maximum absolute atomic E-state index is 13.3. The Kier molecular flexibility index (Phi) is 4.53. The molecule has 2 aromatic rings. The van der Waals surface area contributed by atoms with Crippen LogP contribution in [-0.4, -0.2) is 17.0 Å². The van der Waals surface area contributed by atoms with Gasteiger partial charge in [-0.1, -0.05) is 42.5 Å². The normalized spacial score (nSPS) is 22.4. The lowest BCUT2D eigenvalue weighted by Gasteiger charge is -2.34. The molecular formula is C22H19F3N2. The molecule has 2 atom stereocenters. The lowest BCUT2D eigenvalue weighted by molar-refractivity contribution is -0.137. The highest BCUT2D eigenvalue weighted by atomic mass is 19.4. The van der Waals surface area contributed by atoms with Gasteiger partial charge in [-0.2, -0.15) is 18.4 Å². The summed E-state index contributed by atoms with van der Waals surface area (Å²) < 4.78 is 39.8. The molecule has 2 aliphatic heterocycles. The summed E-state index contributed by atoms with van der Waals surface area (Å²) in [4.78, 5) is 2.45. The van der Waals surface area contributed by atoms with E-state index in [0.29, 0.717) is 11.6 Å². The van der Waals surface area contributed by atoms with Crippen LogP contribution in [0.15, 0.2) is 54.6 Å². The van der Waals surface area contributed by atoms with E-state index in [2.05, 4.69) is 23.1 Å². The van der Waals surface area contributed by atoms with Gasteiger partial charge >= 0.3 is 6.18 Å². The van der Waals surface area contributed by atoms with Crippen LogP contribution in [0.5, 0.6) is 0 Å². The lowest BCUT2D eigenvalue weighted by Crippen LogP contribution is -2.37. The summed E-state index contributed by atoms with van der Waals surface area (Å²) >= 11 is 0. The van der Waals surface area contributed by atoms with Gasteiger partial charge in [0, 0.05) is 18.6 Å². The Morgan fingerprint density at radius 3 is 2.52 bits per heavy atom. The molecule has 2 bridgehead atoms. The number of halogens is 3. The molecule has 0 aliphatic carbocycles. The summed E-state index contributed by atoms with van der Waals surface area (Å²) in [6, 6.07) is 16.6. The highest BCUT2D eigenvalue weighted by Crippen LogP contribution is 2.41. The predicted octanol–water partition coefficient (Wildman–Crippen LogP) is 5.40. The van der Waals surface area contributed by atoms with E-state index in [1.54, 1.807) is 12.1 Å². The number of nitriles is 1. The first-order chi connectivity index (χ1) is 13.0. The Balaban J connectivity index is 1.62. The van der Waals surface area contributed by atoms with Crippen molar-refractivity contribution in [2.75, 3.05) is 0 Å². The minimum absolute atomic E-state index is 0.254. The summed E-state index contributed by atoms with van der Waals surface area (Å²) in [6.45, 7) is 0.862. The molecule has 0 saturated carbocycles. The summed E-state index contributed by atoms with van der Waals surface area (Å²) in [6.07, 6.45) is 0.429. The van der Waals surface area contributed by atoms with E-state index in [9.17, 15) is 13.2 Å². The van der Waals surface area contributed by atoms with E-state index in [-0.39, 0.29) is 11.6 Å². The smallest absolute Gasteiger partial charge is 0.289 e. The third-order valence-electron chi connectivity index (χ3n) is 5.56. The van der Waals surface area contributed by atoms with Crippen molar-refractivity contribution in [1.29, 1.82) is 5.26 Å². The van der Waals surface area contributed by atoms with E-state index in [1.165, 1.54) is 11.6 Å². The SMILES string of the molecule is N#Cc1ccc(C2=CC3CCC(C2)N3Cc2ccccc2)cc1C(F)(F)F. The van der Waals surface area contributed by atoms with Crippen LogP contribution in [0.25, 0.3) is 5.57 Å². The predicted molar refractivity (Wildman–Crippen MR) is 97.5 cm³/mol. The van der Waals surface area contributed by atoms with E-state index in [1.807, 2.05) is 18.2 Å². The fourth-order valence-corrected chi connectivity index (χ4v) is 4.25. The molecule has 2 heterocycles. The molecule has 5 heteroatoms. The van der Waals surface area contributed by atoms with Crippen LogP contribution < -0.4 is 0 Å². The number of fused-ring (bicyclic) bond motifs is 2. The maximum Gasteiger partial charge on any atom is 0.417 e. The lowest BCUT2D eigenvalue weighted by atomic mass is 9.92. The summed E-state index contributed by atoms with van der Waals surface area (Å²) in [5.41, 5.74) is 1.63. The van der Waals surface area contributed by atoms with Gasteiger partial charge in [0.1, 0.15) is 0 Å². The fraction of sp³-hybridized carbons (Fsp3) is 0.318. The van der Waals surface area contributed by atoms with Crippen molar-refractivity contribution in [2.45, 2.75) is 44.1 Å². The first-order valence-corrected chi connectivity index (χ1v) is 9.08. The van der Waals surface area contributed by atoms with E-state index in [4.69, 9.17) is 5.26 Å². The molecule has 1 fully saturated rings. The highest BCUT2D eigenvalue weighted by Gasteiger charge is 2.38. The second kappa shape index (κ2) is 6.86. The van der Waals surface area contributed by atoms with Gasteiger partial charge in [-0.05, 0) is 48.1 Å². The molecule has 2 nitrogen and oxygen atoms in total. The van der Waals surface area contributed by atoms with Crippen LogP contribution in [0.2, 0.25) is 0 Å². The molecule has 2 aromatic carbocycles. The molecule has 2 aliphatic rings. The van der Waals surface area contributed by atoms with Crippen LogP contribution in [0.3, 0.4) is 0 Å². The summed E-state index contributed by atoms with van der Waals surface area (Å²) in [7, 11) is 0. The van der Waals surface area contributed by atoms with Gasteiger partial charge < -0.3 is 0 Å². The minimum Gasteiger partial charge on any atom is -0.289 e. The third-order valence-corrected chi connectivity index (χ3v) is 5.56. The Morgan fingerprint density at radius 2 is 1.85 bits per heavy atom. The second-order valence-corrected chi connectivity index (χ2v) is 7.22. The molecule has 0 aromatic heterocycles. The molecule has 1 saturated heterocycles. The van der Waals surface area contributed by atoms with Gasteiger partial charge in [0.15, 0.2) is 0 Å². The monoisotopic (exact) mass is 368 g/mol. The topological polar surface area (TPSA) is 27.0 Å². The molecule has 138 valence electrons. The third kappa shape index (κ3) is 3.50. The highest BCUT2D eigenvalue weighted by molar-refractivity contribution is 5.69. The average Bonchev–Trinajstić information content (AvgIpc) is 2.89. The molecule has 4 rings (SSSR count). The summed E-state index contributed by atoms with van der Waals surface area (Å²) in [5.74, 6) is 0. The van der Waals surface area contributed by atoms with Crippen molar-refractivity contribution in [3.05, 3.63) is 76.9 Å². The van der Waals surface area contributed by atoms with E-state index >= 15 is 0 Å². The van der Waals surface area contributed by atoms with Gasteiger partial charge in [-0.25, -0.2) is 0 Å². The standard InChI is InChI=1S/C22H19F3N2/c23-22(24,25)21-12-16(6-7-17(21)13-26)18-10-19-8-9-20(11-18)27(19)14-15-4-2-1-3-5-15/h1-7,10,12,19-20H,8-9,11,14H2. The molecule has 27 heavy (non-hydrogen) atoms. The van der Waals surface area contributed by atoms with Crippen LogP contribution in [-0.2, 0) is 12.7 Å². The Labute approximate surface area is 156 Å². The Bertz CT molecular complexity index is 909. The van der Waals surface area contributed by atoms with Crippen LogP contribution >= 0.6 is 0 Å². The number of hydrogen-bond donors (Lipinski definition) is 0. The largest absolute Gasteiger partial charge is 0.417 e. The molecular weight excluding hydrogens is 349 g/mol. The number of benzene rings is 2. The van der Waals surface area contributed by atoms with Crippen molar-refractivity contribution in [3.8, 4) is 6.07 Å². The van der Waals surface area contributed by atoms with Gasteiger partial charge in [0.25, 0.3) is 0 Å². The van der Waals surface area contributed by atoms with Crippen LogP contribution in [0.1, 0.15) is 41.5 Å². The van der Waals surface area contributed by atoms with Gasteiger partial charge in [-0.3, -0.25) is 4.90 Å². The molecule has 2 unspecified atom stereocenters. The number of hydrogen-bond acceptors (Lipinski definition) is 2. The second-order valence-electron chi connectivity index (χ2n) is 7.22. The zero-order valence-electron chi connectivity index (χ0n) is 14.7. The molecule has 0 spiro atoms. The Hall–Kier alpha value is -2.58. The molecule has 0 N–H and O–H groups in total. The number of alkyl halides is 3. The zero-order chi connectivity index (χ0) is 19.0. The van der Waals surface area contributed by atoms with Gasteiger partial charge in [-0.15, -0.1) is 0 Å². The average molecular weight is 368 g/mol. The maximum atomic E-state index is 13.3. The van der Waals surface area contributed by atoms with Crippen molar-refractivity contribution < 1.29 is 13.2 Å². The zero-order valence-corrected chi connectivity index (χ0v) is 14.7. The molecule has 0 amide bonds. The number of nitrogens with zero attached hydrogens (tertiary/aromatic N) is 2. The van der Waals surface area contributed by atoms with Crippen molar-refractivity contribution in [1.82, 2.24) is 4.90 Å². The number of rotatable bonds is 3. The van der Waals surface area contributed by atoms with E-state index in [0.717, 1.165) is 37.4 Å². The molecule has 0 radical (unpaired) electrons. The van der Waals surface area contributed by atoms with Gasteiger partial charge in [0.05, 0.1) is 17.2 Å². The Morgan fingerprint density at radius 1 is 1.07 bits per heavy atom. The van der Waals surface area contributed by atoms with Crippen molar-refractivity contribution in [2.24, 2.45) is 0 Å².